The molecule has 1 saturated carbocycles. The van der Waals surface area contributed by atoms with Gasteiger partial charge in [-0.2, -0.15) is 41.0 Å². The molecule has 1 fully saturated rings. The second kappa shape index (κ2) is 47.3. The van der Waals surface area contributed by atoms with Gasteiger partial charge in [0.1, 0.15) is 76.0 Å². The Labute approximate surface area is 828 Å². The molecule has 141 heavy (non-hydrogen) atoms. The van der Waals surface area contributed by atoms with Gasteiger partial charge in [0, 0.05) is 31.9 Å². The van der Waals surface area contributed by atoms with Crippen molar-refractivity contribution in [3.05, 3.63) is 285 Å². The molecule has 0 unspecified atom stereocenters. The van der Waals surface area contributed by atoms with Crippen LogP contribution in [0.2, 0.25) is 0 Å². The standard InChI is InChI=1S/C22H22FN3O3.C21H19FN6O2.C20H17FN4O2.C17H15N3O3.C11H11IN2O3.C9H7IN2O3/c1-29-20-16(21(28)24-22(10-11-22)12-13-27)7-9-18-19(20)17(25-26-18)8-4-14-2-5-15(23)6-3-14;1-30-20-14(21(29)24-11-18-15(23)10-25-26-18)7-9-17-19(20)16(27-28-17)8-4-12-2-5-13(22)6-3-12;1-27-19-15(20(26)23-12-2-11-22)8-10-17-18(19)16(24-25-17)9-5-13-3-6-14(21)7-4-13;1-22-16-12(17(21)23-2)7-9-14-15(16)13(19-20-14)8-6-11-5-3-4-10-18-11;1-14-7-5-4-6(11(15)17-3)9(16-2)8(7)10(12)13-14;1-15-7-4(9(13)14)2-3-5-6(7)8(10)12-11-5/h2-9,27H,10-13H2,1H3,(H,24,28)(H,25,26);2-10H,11,23H2,1H3,(H,24,29)(H,25,26)(H,27,28);3-10H,2,12H2,1H3,(H,23,26)(H,24,25);3-10H,1-2H3,(H,19,20);4-5H,1-3H3;2-3H,1H3,(H,11,12)(H,13,14)/b2*8-4+;9-5+;8-6+;;. The number of carbonyl (C=O) groups excluding carboxylic acids is 5. The summed E-state index contributed by atoms with van der Waals surface area (Å²) in [7, 11) is 13.5. The number of nitrogens with two attached hydrogens (primary N) is 1. The quantitative estimate of drug-likeness (QED) is 0.0129. The number of benzene rings is 9. The minimum atomic E-state index is -1.01. The van der Waals surface area contributed by atoms with Crippen LogP contribution >= 0.6 is 45.2 Å². The van der Waals surface area contributed by atoms with Crippen molar-refractivity contribution in [3.63, 3.8) is 0 Å². The molecule has 41 heteroatoms. The molecule has 18 rings (SSSR count). The molecule has 0 aliphatic heterocycles. The maximum absolute atomic E-state index is 13.1. The van der Waals surface area contributed by atoms with E-state index in [4.69, 9.17) is 54.0 Å². The number of methoxy groups -OCH3 is 8. The zero-order valence-electron chi connectivity index (χ0n) is 76.9. The van der Waals surface area contributed by atoms with Crippen molar-refractivity contribution in [2.75, 3.05) is 75.8 Å². The average molecular weight is 2140 g/mol. The Morgan fingerprint density at radius 2 is 0.872 bits per heavy atom. The second-order valence-corrected chi connectivity index (χ2v) is 32.7. The number of halogens is 5. The largest absolute Gasteiger partial charge is 0.495 e. The molecule has 1 aliphatic rings. The number of carboxylic acid groups (broad SMARTS) is 1. The first-order valence-corrected chi connectivity index (χ1v) is 44.9. The van der Waals surface area contributed by atoms with Crippen LogP contribution in [0, 0.1) is 36.2 Å². The average Bonchev–Trinajstić information content (AvgIpc) is 1.62. The summed E-state index contributed by atoms with van der Waals surface area (Å²) in [5.74, 6) is -1.12. The summed E-state index contributed by atoms with van der Waals surface area (Å²) in [6, 6.07) is 46.3. The number of carboxylic acids is 1. The zero-order chi connectivity index (χ0) is 101. The fraction of sp³-hybridized carbons (Fsp3) is 0.170. The first kappa shape index (κ1) is 102. The Morgan fingerprint density at radius 3 is 1.27 bits per heavy atom. The third kappa shape index (κ3) is 24.1. The number of aryl methyl sites for hydroxylation is 1. The number of rotatable bonds is 27. The molecule has 13 N–H and O–H groups in total. The first-order valence-electron chi connectivity index (χ1n) is 42.8. The molecule has 9 aromatic carbocycles. The molecular weight excluding hydrogens is 2050 g/mol. The SMILES string of the molecule is COC(=O)c1ccc2c(c(I)nn2C)c1OC.COC(=O)c1ccc2n[nH]c(/C=C/c3ccccn3)c2c1OC.COc1c(C(=O)NC2(CCO)CC2)ccc2n[nH]c(/C=C/c3ccc(F)cc3)c12.COc1c(C(=O)NCCC#N)ccc2n[nH]c(/C=C/c3ccc(F)cc3)c12.COc1c(C(=O)NCc2[nH]ncc2N)ccc2n[nH]c(/C=C/c3ccc(F)cc3)c12.COc1c(C(=O)O)ccc2n[nH]c(I)c12. The van der Waals surface area contributed by atoms with E-state index in [2.05, 4.69) is 132 Å². The number of aliphatic hydroxyl groups is 1. The fourth-order valence-corrected chi connectivity index (χ4v) is 16.3. The minimum Gasteiger partial charge on any atom is -0.495 e. The Bertz CT molecular complexity index is 7590. The van der Waals surface area contributed by atoms with Gasteiger partial charge in [0.2, 0.25) is 0 Å². The van der Waals surface area contributed by atoms with E-state index in [0.29, 0.717) is 146 Å². The van der Waals surface area contributed by atoms with E-state index in [0.717, 1.165) is 64.6 Å². The number of ether oxygens (including phenoxy) is 8. The van der Waals surface area contributed by atoms with Crippen LogP contribution in [-0.4, -0.2) is 197 Å². The number of pyridine rings is 1. The number of anilines is 1. The van der Waals surface area contributed by atoms with Gasteiger partial charge in [-0.05, 0) is 233 Å². The number of hydrogen-bond donors (Lipinski definition) is 12. The van der Waals surface area contributed by atoms with Crippen LogP contribution in [0.15, 0.2) is 176 Å². The summed E-state index contributed by atoms with van der Waals surface area (Å²) in [5, 5.41) is 86.1. The molecule has 0 atom stereocenters. The van der Waals surface area contributed by atoms with Crippen molar-refractivity contribution >= 4 is 201 Å². The van der Waals surface area contributed by atoms with Gasteiger partial charge in [0.25, 0.3) is 17.7 Å². The van der Waals surface area contributed by atoms with Crippen molar-refractivity contribution in [1.82, 2.24) is 91.9 Å². The molecule has 722 valence electrons. The number of nitriles is 1. The lowest BCUT2D eigenvalue weighted by molar-refractivity contribution is 0.0588. The zero-order valence-corrected chi connectivity index (χ0v) is 81.2. The van der Waals surface area contributed by atoms with Crippen LogP contribution in [-0.2, 0) is 23.1 Å². The molecule has 0 radical (unpaired) electrons. The summed E-state index contributed by atoms with van der Waals surface area (Å²) in [6.45, 7) is 0.504. The Morgan fingerprint density at radius 1 is 0.482 bits per heavy atom. The van der Waals surface area contributed by atoms with Crippen LogP contribution < -0.4 is 50.1 Å². The number of nitrogens with one attached hydrogen (secondary N) is 9. The minimum absolute atomic E-state index is 0.0382. The Balaban J connectivity index is 0.000000144. The van der Waals surface area contributed by atoms with Crippen LogP contribution in [0.3, 0.4) is 0 Å². The highest BCUT2D eigenvalue weighted by molar-refractivity contribution is 14.1. The molecule has 8 aromatic heterocycles. The van der Waals surface area contributed by atoms with E-state index >= 15 is 0 Å². The van der Waals surface area contributed by atoms with Crippen molar-refractivity contribution in [1.29, 1.82) is 5.26 Å². The lowest BCUT2D eigenvalue weighted by atomic mass is 10.1. The smallest absolute Gasteiger partial charge is 0.341 e. The van der Waals surface area contributed by atoms with Gasteiger partial charge in [0.05, 0.1) is 204 Å². The number of carbonyl (C=O) groups is 6. The monoisotopic (exact) mass is 2140 g/mol. The van der Waals surface area contributed by atoms with Gasteiger partial charge in [0.15, 0.2) is 0 Å². The number of aromatic amines is 6. The molecule has 17 aromatic rings. The molecule has 8 heterocycles. The van der Waals surface area contributed by atoms with E-state index in [1.54, 1.807) is 120 Å². The van der Waals surface area contributed by atoms with Crippen LogP contribution in [0.4, 0.5) is 18.9 Å². The highest BCUT2D eigenvalue weighted by Crippen LogP contribution is 2.42. The summed E-state index contributed by atoms with van der Waals surface area (Å²) in [5.41, 5.74) is 19.0. The highest BCUT2D eigenvalue weighted by Gasteiger charge is 2.44. The number of esters is 2. The Kier molecular flexibility index (Phi) is 34.1. The third-order valence-corrected chi connectivity index (χ3v) is 23.5. The lowest BCUT2D eigenvalue weighted by Crippen LogP contribution is -2.37. The van der Waals surface area contributed by atoms with E-state index in [-0.39, 0.29) is 72.4 Å². The van der Waals surface area contributed by atoms with Crippen LogP contribution in [0.5, 0.6) is 34.5 Å². The van der Waals surface area contributed by atoms with E-state index in [9.17, 15) is 47.0 Å². The summed E-state index contributed by atoms with van der Waals surface area (Å²) < 4.78 is 84.5. The number of fused-ring (bicyclic) bond motifs is 6. The maximum atomic E-state index is 13.1. The van der Waals surface area contributed by atoms with Crippen molar-refractivity contribution in [2.45, 2.75) is 37.8 Å². The number of aromatic carboxylic acids is 1. The van der Waals surface area contributed by atoms with Gasteiger partial charge in [-0.25, -0.2) is 27.6 Å². The van der Waals surface area contributed by atoms with E-state index in [1.165, 1.54) is 106 Å². The van der Waals surface area contributed by atoms with Gasteiger partial charge >= 0.3 is 17.9 Å². The topological polar surface area (TPSA) is 505 Å². The van der Waals surface area contributed by atoms with Crippen LogP contribution in [0.1, 0.15) is 139 Å². The maximum Gasteiger partial charge on any atom is 0.341 e. The predicted molar refractivity (Wildman–Crippen MR) is 543 cm³/mol. The van der Waals surface area contributed by atoms with Gasteiger partial charge in [-0.1, -0.05) is 60.7 Å². The van der Waals surface area contributed by atoms with Crippen molar-refractivity contribution in [3.8, 4) is 40.6 Å². The normalized spacial score (nSPS) is 11.8. The third-order valence-electron chi connectivity index (χ3n) is 21.9. The van der Waals surface area contributed by atoms with Gasteiger partial charge < -0.3 is 69.8 Å². The number of H-pyrrole nitrogens is 6. The number of nitrogen functional groups attached to an aromatic ring is 1. The number of aliphatic hydroxyl groups excluding tert-OH is 1. The summed E-state index contributed by atoms with van der Waals surface area (Å²) in [4.78, 5) is 76.7. The van der Waals surface area contributed by atoms with Crippen molar-refractivity contribution in [2.24, 2.45) is 7.05 Å². The molecule has 0 saturated heterocycles. The second-order valence-electron chi connectivity index (χ2n) is 30.6. The molecule has 0 spiro atoms. The molecular formula is C100H91F3I2N20O16. The van der Waals surface area contributed by atoms with Crippen molar-refractivity contribution < 1.29 is 90.0 Å². The fourth-order valence-electron chi connectivity index (χ4n) is 14.8. The molecule has 1 aliphatic carbocycles. The van der Waals surface area contributed by atoms with Crippen LogP contribution in [0.25, 0.3) is 114 Å². The van der Waals surface area contributed by atoms with Gasteiger partial charge in [-0.3, -0.25) is 54.6 Å². The van der Waals surface area contributed by atoms with Gasteiger partial charge in [-0.15, -0.1) is 0 Å². The number of nitrogens with zero attached hydrogens (tertiary/aromatic N) is 10. The molecule has 0 bridgehead atoms. The lowest BCUT2D eigenvalue weighted by Gasteiger charge is -2.17. The number of aromatic nitrogens is 15. The Hall–Kier alpha value is -16.8. The number of amides is 3. The van der Waals surface area contributed by atoms with E-state index < -0.39 is 17.9 Å². The highest BCUT2D eigenvalue weighted by atomic mass is 127. The number of hydrogen-bond acceptors (Lipinski definition) is 25. The summed E-state index contributed by atoms with van der Waals surface area (Å²) >= 11 is 4.17. The predicted octanol–water partition coefficient (Wildman–Crippen LogP) is 16.9. The summed E-state index contributed by atoms with van der Waals surface area (Å²) in [6.07, 6.45) is 20.3. The molecule has 36 nitrogen and oxygen atoms in total. The first-order chi connectivity index (χ1) is 68.2. The molecule has 3 amide bonds. The van der Waals surface area contributed by atoms with E-state index in [1.807, 2.05) is 73.8 Å².